The van der Waals surface area contributed by atoms with Crippen LogP contribution in [0.2, 0.25) is 0 Å². The Hall–Kier alpha value is -1.76. The fourth-order valence-corrected chi connectivity index (χ4v) is 6.49. The molecule has 1 aliphatic heterocycles. The highest BCUT2D eigenvalue weighted by Gasteiger charge is 2.38. The summed E-state index contributed by atoms with van der Waals surface area (Å²) in [4.78, 5) is 1.65. The van der Waals surface area contributed by atoms with Crippen LogP contribution in [0.3, 0.4) is 0 Å². The highest BCUT2D eigenvalue weighted by molar-refractivity contribution is 7.98. The topological polar surface area (TPSA) is 49.4 Å². The summed E-state index contributed by atoms with van der Waals surface area (Å²) in [5, 5.41) is 3.70. The zero-order valence-electron chi connectivity index (χ0n) is 17.1. The largest absolute Gasteiger partial charge is 0.378 e. The van der Waals surface area contributed by atoms with Crippen LogP contribution in [0.5, 0.6) is 0 Å². The van der Waals surface area contributed by atoms with Gasteiger partial charge in [0.05, 0.1) is 10.9 Å². The van der Waals surface area contributed by atoms with E-state index in [9.17, 15) is 8.42 Å². The number of hydrogen-bond acceptors (Lipinski definition) is 4. The molecule has 4 nitrogen and oxygen atoms in total. The van der Waals surface area contributed by atoms with Gasteiger partial charge in [0.1, 0.15) is 0 Å². The summed E-state index contributed by atoms with van der Waals surface area (Å²) in [5.74, 6) is 0.636. The Kier molecular flexibility index (Phi) is 5.78. The molecule has 0 spiro atoms. The van der Waals surface area contributed by atoms with Crippen LogP contribution in [-0.2, 0) is 10.0 Å². The van der Waals surface area contributed by atoms with Crippen LogP contribution in [0, 0.1) is 5.92 Å². The third kappa shape index (κ3) is 3.62. The first-order chi connectivity index (χ1) is 14.0. The lowest BCUT2D eigenvalue weighted by Crippen LogP contribution is -2.32. The number of anilines is 1. The first-order valence-corrected chi connectivity index (χ1v) is 12.9. The van der Waals surface area contributed by atoms with E-state index >= 15 is 0 Å². The van der Waals surface area contributed by atoms with Gasteiger partial charge in [-0.2, -0.15) is 4.31 Å². The van der Waals surface area contributed by atoms with Gasteiger partial charge in [0.15, 0.2) is 0 Å². The van der Waals surface area contributed by atoms with Crippen molar-refractivity contribution in [2.75, 3.05) is 24.7 Å². The van der Waals surface area contributed by atoms with Gasteiger partial charge in [-0.3, -0.25) is 0 Å². The predicted octanol–water partition coefficient (Wildman–Crippen LogP) is 5.27. The second-order valence-electron chi connectivity index (χ2n) is 7.59. The maximum absolute atomic E-state index is 13.0. The Balaban J connectivity index is 1.72. The van der Waals surface area contributed by atoms with Crippen LogP contribution in [0.15, 0.2) is 64.4 Å². The molecule has 0 aromatic heterocycles. The second-order valence-corrected chi connectivity index (χ2v) is 10.4. The van der Waals surface area contributed by atoms with Crippen molar-refractivity contribution in [3.05, 3.63) is 65.7 Å². The molecule has 0 saturated heterocycles. The Bertz CT molecular complexity index is 1010. The first-order valence-electron chi connectivity index (χ1n) is 10.2. The molecule has 1 heterocycles. The quantitative estimate of drug-likeness (QED) is 0.503. The van der Waals surface area contributed by atoms with Crippen molar-refractivity contribution >= 4 is 27.5 Å². The highest BCUT2D eigenvalue weighted by Crippen LogP contribution is 2.50. The summed E-state index contributed by atoms with van der Waals surface area (Å²) in [7, 11) is -3.46. The number of benzene rings is 2. The van der Waals surface area contributed by atoms with Crippen molar-refractivity contribution in [3.63, 3.8) is 0 Å². The number of hydrogen-bond donors (Lipinski definition) is 1. The molecule has 4 rings (SSSR count). The van der Waals surface area contributed by atoms with Crippen LogP contribution < -0.4 is 5.32 Å². The molecule has 3 atom stereocenters. The molecule has 1 aliphatic carbocycles. The van der Waals surface area contributed by atoms with Gasteiger partial charge in [-0.05, 0) is 60.1 Å². The molecule has 0 bridgehead atoms. The average Bonchev–Trinajstić information content (AvgIpc) is 3.24. The maximum Gasteiger partial charge on any atom is 0.243 e. The van der Waals surface area contributed by atoms with Gasteiger partial charge < -0.3 is 5.32 Å². The molecule has 6 heteroatoms. The molecule has 0 fully saturated rings. The lowest BCUT2D eigenvalue weighted by Gasteiger charge is -2.38. The summed E-state index contributed by atoms with van der Waals surface area (Å²) in [6, 6.07) is 14.6. The molecule has 0 radical (unpaired) electrons. The van der Waals surface area contributed by atoms with Crippen LogP contribution in [0.25, 0.3) is 0 Å². The van der Waals surface area contributed by atoms with E-state index in [0.717, 1.165) is 17.7 Å². The monoisotopic (exact) mass is 428 g/mol. The van der Waals surface area contributed by atoms with Gasteiger partial charge in [-0.15, -0.1) is 11.8 Å². The van der Waals surface area contributed by atoms with Crippen molar-refractivity contribution in [1.29, 1.82) is 0 Å². The van der Waals surface area contributed by atoms with Crippen molar-refractivity contribution < 1.29 is 8.42 Å². The number of fused-ring (bicyclic) bond motifs is 3. The molecule has 3 unspecified atom stereocenters. The fourth-order valence-electron chi connectivity index (χ4n) is 4.59. The summed E-state index contributed by atoms with van der Waals surface area (Å²) in [6.07, 6.45) is 7.58. The summed E-state index contributed by atoms with van der Waals surface area (Å²) >= 11 is 1.75. The molecular weight excluding hydrogens is 400 g/mol. The molecule has 2 aromatic rings. The Morgan fingerprint density at radius 2 is 1.83 bits per heavy atom. The smallest absolute Gasteiger partial charge is 0.243 e. The van der Waals surface area contributed by atoms with Crippen LogP contribution in [-0.4, -0.2) is 32.1 Å². The highest BCUT2D eigenvalue weighted by atomic mass is 32.2. The number of allylic oxidation sites excluding steroid dienone is 2. The molecule has 1 N–H and O–H groups in total. The lowest BCUT2D eigenvalue weighted by molar-refractivity contribution is 0.424. The minimum Gasteiger partial charge on any atom is -0.378 e. The van der Waals surface area contributed by atoms with Gasteiger partial charge in [0.2, 0.25) is 10.0 Å². The Morgan fingerprint density at radius 3 is 2.48 bits per heavy atom. The molecule has 2 aromatic carbocycles. The van der Waals surface area contributed by atoms with Gasteiger partial charge >= 0.3 is 0 Å². The summed E-state index contributed by atoms with van der Waals surface area (Å²) < 4.78 is 27.5. The van der Waals surface area contributed by atoms with Crippen LogP contribution in [0.4, 0.5) is 5.69 Å². The molecule has 0 saturated carbocycles. The van der Waals surface area contributed by atoms with Crippen molar-refractivity contribution in [2.24, 2.45) is 5.92 Å². The van der Waals surface area contributed by atoms with Gasteiger partial charge in [-0.25, -0.2) is 8.42 Å². The number of nitrogens with one attached hydrogen (secondary N) is 1. The first kappa shape index (κ1) is 20.5. The molecule has 2 aliphatic rings. The van der Waals surface area contributed by atoms with Crippen LogP contribution >= 0.6 is 11.8 Å². The van der Waals surface area contributed by atoms with E-state index in [1.54, 1.807) is 17.8 Å². The van der Waals surface area contributed by atoms with E-state index in [4.69, 9.17) is 0 Å². The van der Waals surface area contributed by atoms with E-state index < -0.39 is 10.0 Å². The van der Waals surface area contributed by atoms with Gasteiger partial charge in [0, 0.05) is 29.6 Å². The predicted molar refractivity (Wildman–Crippen MR) is 121 cm³/mol. The zero-order valence-corrected chi connectivity index (χ0v) is 18.8. The number of sulfonamides is 1. The maximum atomic E-state index is 13.0. The molecule has 29 heavy (non-hydrogen) atoms. The van der Waals surface area contributed by atoms with E-state index in [-0.39, 0.29) is 12.0 Å². The fraction of sp³-hybridized carbons (Fsp3) is 0.391. The molecular formula is C23H28N2O2S2. The lowest BCUT2D eigenvalue weighted by atomic mass is 9.77. The van der Waals surface area contributed by atoms with Crippen molar-refractivity contribution in [3.8, 4) is 0 Å². The van der Waals surface area contributed by atoms with Gasteiger partial charge in [-0.1, -0.05) is 38.1 Å². The van der Waals surface area contributed by atoms with E-state index in [1.165, 1.54) is 14.8 Å². The van der Waals surface area contributed by atoms with E-state index in [2.05, 4.69) is 48.0 Å². The minimum absolute atomic E-state index is 0.226. The van der Waals surface area contributed by atoms with E-state index in [1.807, 2.05) is 26.0 Å². The van der Waals surface area contributed by atoms with Crippen LogP contribution in [0.1, 0.15) is 43.4 Å². The normalized spacial score (nSPS) is 23.0. The third-order valence-electron chi connectivity index (χ3n) is 6.15. The van der Waals surface area contributed by atoms with Crippen molar-refractivity contribution in [1.82, 2.24) is 4.31 Å². The summed E-state index contributed by atoms with van der Waals surface area (Å²) in [6.45, 7) is 4.72. The summed E-state index contributed by atoms with van der Waals surface area (Å²) in [5.41, 5.74) is 3.41. The van der Waals surface area contributed by atoms with Gasteiger partial charge in [0.25, 0.3) is 0 Å². The third-order valence-corrected chi connectivity index (χ3v) is 8.94. The number of rotatable bonds is 6. The Morgan fingerprint density at radius 1 is 1.10 bits per heavy atom. The SMILES string of the molecule is CCN(CC)S(=O)(=O)c1ccc2c(c1)C1C=CCC1C(c1ccc(SC)cc1)N2. The molecule has 0 amide bonds. The average molecular weight is 429 g/mol. The number of thioether (sulfide) groups is 1. The number of nitrogens with zero attached hydrogens (tertiary/aromatic N) is 1. The Labute approximate surface area is 178 Å². The second kappa shape index (κ2) is 8.17. The standard InChI is InChI=1S/C23H28N2O2S2/c1-4-25(5-2)29(26,27)18-13-14-22-21(15-18)19-7-6-8-20(19)23(24-22)16-9-11-17(28-3)12-10-16/h6-7,9-15,19-20,23-24H,4-5,8H2,1-3H3. The zero-order chi connectivity index (χ0) is 20.6. The molecule has 154 valence electrons. The van der Waals surface area contributed by atoms with E-state index in [0.29, 0.717) is 23.9 Å². The minimum atomic E-state index is -3.46. The van der Waals surface area contributed by atoms with Crippen molar-refractivity contribution in [2.45, 2.75) is 42.0 Å².